The Morgan fingerprint density at radius 3 is 2.05 bits per heavy atom. The zero-order valence-electron chi connectivity index (χ0n) is 11.3. The molecule has 124 valence electrons. The van der Waals surface area contributed by atoms with Crippen LogP contribution in [0.5, 0.6) is 0 Å². The largest absolute Gasteiger partial charge is 0.550 e. The first-order chi connectivity index (χ1) is 10.1. The monoisotopic (exact) mass is 316 g/mol. The summed E-state index contributed by atoms with van der Waals surface area (Å²) < 4.78 is 0. The molecule has 0 aromatic carbocycles. The van der Waals surface area contributed by atoms with E-state index in [4.69, 9.17) is 5.73 Å². The lowest BCUT2D eigenvalue weighted by molar-refractivity contribution is -0.310. The van der Waals surface area contributed by atoms with E-state index in [1.165, 1.54) is 0 Å². The molecule has 11 nitrogen and oxygen atoms in total. The van der Waals surface area contributed by atoms with Gasteiger partial charge in [0.15, 0.2) is 0 Å². The number of rotatable bonds is 10. The number of hydrogen-bond donors (Lipinski definition) is 3. The third-order valence-corrected chi connectivity index (χ3v) is 2.40. The molecular formula is C11H14N3O8-3. The Labute approximate surface area is 124 Å². The van der Waals surface area contributed by atoms with E-state index in [0.29, 0.717) is 0 Å². The van der Waals surface area contributed by atoms with E-state index in [-0.39, 0.29) is 0 Å². The van der Waals surface area contributed by atoms with Gasteiger partial charge in [0.2, 0.25) is 11.8 Å². The molecule has 0 aliphatic carbocycles. The normalized spacial score (nSPS) is 12.8. The summed E-state index contributed by atoms with van der Waals surface area (Å²) in [5, 5.41) is 35.1. The van der Waals surface area contributed by atoms with Gasteiger partial charge in [0.1, 0.15) is 0 Å². The summed E-state index contributed by atoms with van der Waals surface area (Å²) in [4.78, 5) is 53.8. The number of nitrogens with one attached hydrogen (secondary N) is 2. The van der Waals surface area contributed by atoms with Crippen LogP contribution < -0.4 is 31.7 Å². The summed E-state index contributed by atoms with van der Waals surface area (Å²) in [5.41, 5.74) is 5.19. The minimum absolute atomic E-state index is 0.450. The fourth-order valence-electron chi connectivity index (χ4n) is 1.33. The van der Waals surface area contributed by atoms with Crippen molar-refractivity contribution in [2.24, 2.45) is 5.73 Å². The van der Waals surface area contributed by atoms with E-state index in [2.05, 4.69) is 0 Å². The predicted molar refractivity (Wildman–Crippen MR) is 61.8 cm³/mol. The van der Waals surface area contributed by atoms with Gasteiger partial charge in [0.25, 0.3) is 0 Å². The summed E-state index contributed by atoms with van der Waals surface area (Å²) in [7, 11) is 0. The fraction of sp³-hybridized carbons (Fsp3) is 0.545. The number of carbonyl (C=O) groups excluding carboxylic acids is 5. The van der Waals surface area contributed by atoms with Crippen molar-refractivity contribution in [3.63, 3.8) is 0 Å². The van der Waals surface area contributed by atoms with Crippen LogP contribution in [0.1, 0.15) is 19.3 Å². The topological polar surface area (TPSA) is 205 Å². The predicted octanol–water partition coefficient (Wildman–Crippen LogP) is -6.67. The van der Waals surface area contributed by atoms with E-state index in [1.807, 2.05) is 10.6 Å². The average molecular weight is 316 g/mol. The smallest absolute Gasteiger partial charge is 0.239 e. The van der Waals surface area contributed by atoms with Crippen LogP contribution in [0.3, 0.4) is 0 Å². The molecule has 0 aromatic rings. The number of nitrogens with two attached hydrogens (primary N) is 1. The van der Waals surface area contributed by atoms with Crippen molar-refractivity contribution in [3.8, 4) is 0 Å². The molecule has 0 rings (SSSR count). The van der Waals surface area contributed by atoms with Gasteiger partial charge in [-0.1, -0.05) is 0 Å². The average Bonchev–Trinajstić information content (AvgIpc) is 2.39. The molecule has 22 heavy (non-hydrogen) atoms. The summed E-state index contributed by atoms with van der Waals surface area (Å²) >= 11 is 0. The van der Waals surface area contributed by atoms with Crippen molar-refractivity contribution < 1.29 is 39.3 Å². The van der Waals surface area contributed by atoms with Crippen molar-refractivity contribution >= 4 is 29.7 Å². The van der Waals surface area contributed by atoms with Gasteiger partial charge in [-0.3, -0.25) is 9.59 Å². The molecule has 0 aliphatic heterocycles. The van der Waals surface area contributed by atoms with Gasteiger partial charge in [-0.25, -0.2) is 0 Å². The third kappa shape index (κ3) is 8.47. The number of amides is 2. The lowest BCUT2D eigenvalue weighted by Crippen LogP contribution is -2.52. The Kier molecular flexibility index (Phi) is 8.15. The minimum atomic E-state index is -1.70. The Morgan fingerprint density at radius 2 is 1.59 bits per heavy atom. The maximum Gasteiger partial charge on any atom is 0.239 e. The van der Waals surface area contributed by atoms with Gasteiger partial charge < -0.3 is 46.1 Å². The van der Waals surface area contributed by atoms with Crippen molar-refractivity contribution in [1.29, 1.82) is 0 Å². The quantitative estimate of drug-likeness (QED) is 0.349. The van der Waals surface area contributed by atoms with E-state index < -0.39 is 67.6 Å². The summed E-state index contributed by atoms with van der Waals surface area (Å²) in [6.45, 7) is -0.672. The Morgan fingerprint density at radius 1 is 1.00 bits per heavy atom. The summed E-state index contributed by atoms with van der Waals surface area (Å²) in [6, 6.07) is -2.99. The highest BCUT2D eigenvalue weighted by atomic mass is 16.4. The highest BCUT2D eigenvalue weighted by Gasteiger charge is 2.17. The zero-order chi connectivity index (χ0) is 17.3. The van der Waals surface area contributed by atoms with Crippen molar-refractivity contribution in [3.05, 3.63) is 0 Å². The molecular weight excluding hydrogens is 302 g/mol. The Bertz CT molecular complexity index is 464. The van der Waals surface area contributed by atoms with Crippen LogP contribution in [-0.4, -0.2) is 48.4 Å². The molecule has 4 N–H and O–H groups in total. The van der Waals surface area contributed by atoms with E-state index in [0.717, 1.165) is 0 Å². The molecule has 0 bridgehead atoms. The van der Waals surface area contributed by atoms with Gasteiger partial charge in [0.05, 0.1) is 24.6 Å². The number of carbonyl (C=O) groups is 5. The molecule has 0 saturated carbocycles. The van der Waals surface area contributed by atoms with Crippen LogP contribution in [-0.2, 0) is 24.0 Å². The molecule has 0 heterocycles. The molecule has 0 fully saturated rings. The third-order valence-electron chi connectivity index (χ3n) is 2.40. The number of carboxylic acid groups (broad SMARTS) is 3. The summed E-state index contributed by atoms with van der Waals surface area (Å²) in [5.74, 6) is -6.64. The number of hydrogen-bond acceptors (Lipinski definition) is 9. The van der Waals surface area contributed by atoms with Crippen molar-refractivity contribution in [2.75, 3.05) is 6.54 Å². The van der Waals surface area contributed by atoms with Crippen LogP contribution in [0.15, 0.2) is 0 Å². The molecule has 0 aromatic heterocycles. The van der Waals surface area contributed by atoms with Crippen molar-refractivity contribution in [2.45, 2.75) is 31.3 Å². The van der Waals surface area contributed by atoms with Gasteiger partial charge in [-0.15, -0.1) is 0 Å². The maximum atomic E-state index is 11.4. The second-order valence-corrected chi connectivity index (χ2v) is 4.25. The van der Waals surface area contributed by atoms with Crippen LogP contribution in [0.4, 0.5) is 0 Å². The highest BCUT2D eigenvalue weighted by Crippen LogP contribution is 1.95. The number of carboxylic acids is 3. The zero-order valence-corrected chi connectivity index (χ0v) is 11.3. The van der Waals surface area contributed by atoms with Gasteiger partial charge in [-0.05, 0) is 12.8 Å². The molecule has 2 amide bonds. The summed E-state index contributed by atoms with van der Waals surface area (Å²) in [6.07, 6.45) is -1.81. The van der Waals surface area contributed by atoms with Crippen LogP contribution in [0.2, 0.25) is 0 Å². The molecule has 0 aliphatic rings. The molecule has 0 unspecified atom stereocenters. The standard InChI is InChI=1S/C11H17N3O8/c12-5(3-9(18)19)10(20)13-4-7(15)14-6(11(21)22)1-2-8(16)17/h5-6H,1-4,12H2,(H,13,20)(H,14,15)(H,16,17)(H,18,19)(H,21,22)/p-3/t5-,6-/m0/s1. The molecule has 0 saturated heterocycles. The van der Waals surface area contributed by atoms with Gasteiger partial charge in [-0.2, -0.15) is 0 Å². The molecule has 0 spiro atoms. The second-order valence-electron chi connectivity index (χ2n) is 4.25. The lowest BCUT2D eigenvalue weighted by atomic mass is 10.1. The first kappa shape index (κ1) is 19.3. The fourth-order valence-corrected chi connectivity index (χ4v) is 1.33. The molecule has 2 atom stereocenters. The first-order valence-electron chi connectivity index (χ1n) is 6.06. The van der Waals surface area contributed by atoms with Gasteiger partial charge in [0, 0.05) is 18.4 Å². The molecule has 0 radical (unpaired) electrons. The number of aliphatic carboxylic acids is 3. The second kappa shape index (κ2) is 9.28. The van der Waals surface area contributed by atoms with Crippen molar-refractivity contribution in [1.82, 2.24) is 10.6 Å². The van der Waals surface area contributed by atoms with E-state index >= 15 is 0 Å². The van der Waals surface area contributed by atoms with Crippen LogP contribution in [0.25, 0.3) is 0 Å². The van der Waals surface area contributed by atoms with Gasteiger partial charge >= 0.3 is 0 Å². The molecule has 11 heteroatoms. The van der Waals surface area contributed by atoms with E-state index in [9.17, 15) is 39.3 Å². The minimum Gasteiger partial charge on any atom is -0.550 e. The maximum absolute atomic E-state index is 11.4. The Balaban J connectivity index is 4.29. The van der Waals surface area contributed by atoms with Crippen LogP contribution >= 0.6 is 0 Å². The lowest BCUT2D eigenvalue weighted by Gasteiger charge is -2.20. The first-order valence-corrected chi connectivity index (χ1v) is 6.06. The highest BCUT2D eigenvalue weighted by molar-refractivity contribution is 5.90. The van der Waals surface area contributed by atoms with E-state index in [1.54, 1.807) is 0 Å². The van der Waals surface area contributed by atoms with Crippen LogP contribution in [0, 0.1) is 0 Å². The Hall–Kier alpha value is -2.69. The SMILES string of the molecule is N[C@@H](CC(=O)[O-])C(=O)NCC(=O)N[C@@H](CCC(=O)[O-])C(=O)[O-].